The number of benzene rings is 2. The Balaban J connectivity index is 2.04. The Morgan fingerprint density at radius 3 is 2.15 bits per heavy atom. The smallest absolute Gasteiger partial charge is 0.141 e. The van der Waals surface area contributed by atoms with Gasteiger partial charge in [0.15, 0.2) is 0 Å². The fraction of sp³-hybridized carbons (Fsp3) is 0.250. The Morgan fingerprint density at radius 1 is 0.950 bits per heavy atom. The van der Waals surface area contributed by atoms with Crippen LogP contribution in [0.15, 0.2) is 42.5 Å². The summed E-state index contributed by atoms with van der Waals surface area (Å²) in [6.45, 7) is 0.506. The first kappa shape index (κ1) is 14.9. The largest absolute Gasteiger partial charge is 0.330 e. The van der Waals surface area contributed by atoms with Crippen LogP contribution in [0.4, 0.5) is 8.78 Å². The van der Waals surface area contributed by atoms with Crippen LogP contribution in [0.25, 0.3) is 0 Å². The molecule has 2 aromatic carbocycles. The maximum Gasteiger partial charge on any atom is 0.141 e. The van der Waals surface area contributed by atoms with Gasteiger partial charge in [0.05, 0.1) is 5.02 Å². The summed E-state index contributed by atoms with van der Waals surface area (Å²) in [5.41, 5.74) is 7.78. The van der Waals surface area contributed by atoms with Crippen LogP contribution in [0.3, 0.4) is 0 Å². The highest BCUT2D eigenvalue weighted by atomic mass is 35.5. The van der Waals surface area contributed by atoms with Gasteiger partial charge >= 0.3 is 0 Å². The third-order valence-corrected chi connectivity index (χ3v) is 3.57. The van der Waals surface area contributed by atoms with E-state index in [1.807, 2.05) is 0 Å². The predicted octanol–water partition coefficient (Wildman–Crippen LogP) is 3.98. The van der Waals surface area contributed by atoms with E-state index in [2.05, 4.69) is 0 Å². The van der Waals surface area contributed by atoms with Crippen LogP contribution in [-0.4, -0.2) is 6.54 Å². The molecular weight excluding hydrogens is 280 g/mol. The van der Waals surface area contributed by atoms with Crippen molar-refractivity contribution in [1.29, 1.82) is 0 Å². The van der Waals surface area contributed by atoms with Crippen LogP contribution in [-0.2, 0) is 12.8 Å². The van der Waals surface area contributed by atoms with Crippen LogP contribution in [0.2, 0.25) is 5.02 Å². The summed E-state index contributed by atoms with van der Waals surface area (Å²) in [4.78, 5) is 0. The zero-order valence-corrected chi connectivity index (χ0v) is 11.7. The summed E-state index contributed by atoms with van der Waals surface area (Å²) in [7, 11) is 0. The van der Waals surface area contributed by atoms with Crippen molar-refractivity contribution in [3.8, 4) is 0 Å². The van der Waals surface area contributed by atoms with Crippen LogP contribution in [0.1, 0.15) is 11.1 Å². The molecule has 0 saturated carbocycles. The molecule has 2 aromatic rings. The molecule has 0 aliphatic heterocycles. The summed E-state index contributed by atoms with van der Waals surface area (Å²) in [5.74, 6) is -0.455. The van der Waals surface area contributed by atoms with Gasteiger partial charge in [-0.15, -0.1) is 0 Å². The van der Waals surface area contributed by atoms with Crippen LogP contribution >= 0.6 is 11.6 Å². The van der Waals surface area contributed by atoms with Crippen molar-refractivity contribution in [2.45, 2.75) is 12.8 Å². The van der Waals surface area contributed by atoms with Gasteiger partial charge in [-0.2, -0.15) is 0 Å². The standard InChI is InChI=1S/C16H16ClF2N/c17-15-9-12(3-6-16(15)19)8-13(10-20)7-11-1-4-14(18)5-2-11/h1-6,9,13H,7-8,10,20H2. The Labute approximate surface area is 122 Å². The topological polar surface area (TPSA) is 26.0 Å². The molecule has 0 spiro atoms. The highest BCUT2D eigenvalue weighted by Crippen LogP contribution is 2.20. The summed E-state index contributed by atoms with van der Waals surface area (Å²) < 4.78 is 26.0. The fourth-order valence-electron chi connectivity index (χ4n) is 2.19. The third-order valence-electron chi connectivity index (χ3n) is 3.28. The van der Waals surface area contributed by atoms with Gasteiger partial charge in [-0.3, -0.25) is 0 Å². The van der Waals surface area contributed by atoms with E-state index < -0.39 is 5.82 Å². The molecule has 106 valence electrons. The molecule has 1 unspecified atom stereocenters. The number of halogens is 3. The zero-order valence-electron chi connectivity index (χ0n) is 11.0. The minimum Gasteiger partial charge on any atom is -0.330 e. The zero-order chi connectivity index (χ0) is 14.5. The average Bonchev–Trinajstić information content (AvgIpc) is 2.44. The highest BCUT2D eigenvalue weighted by Gasteiger charge is 2.10. The number of rotatable bonds is 5. The summed E-state index contributed by atoms with van der Waals surface area (Å²) in [6.07, 6.45) is 1.47. The van der Waals surface area contributed by atoms with Gasteiger partial charge in [0, 0.05) is 0 Å². The van der Waals surface area contributed by atoms with E-state index in [1.54, 1.807) is 24.3 Å². The van der Waals surface area contributed by atoms with Gasteiger partial charge in [0.25, 0.3) is 0 Å². The summed E-state index contributed by atoms with van der Waals surface area (Å²) in [5, 5.41) is 0.125. The maximum absolute atomic E-state index is 13.1. The minimum atomic E-state index is -0.418. The van der Waals surface area contributed by atoms with Crippen molar-refractivity contribution >= 4 is 11.6 Å². The summed E-state index contributed by atoms with van der Waals surface area (Å²) >= 11 is 5.77. The molecule has 1 atom stereocenters. The van der Waals surface area contributed by atoms with E-state index >= 15 is 0 Å². The molecule has 0 aromatic heterocycles. The second kappa shape index (κ2) is 6.82. The van der Waals surface area contributed by atoms with Crippen LogP contribution < -0.4 is 5.73 Å². The first-order valence-corrected chi connectivity index (χ1v) is 6.84. The minimum absolute atomic E-state index is 0.125. The molecule has 0 fully saturated rings. The van der Waals surface area contributed by atoms with E-state index in [-0.39, 0.29) is 16.8 Å². The third kappa shape index (κ3) is 4.02. The van der Waals surface area contributed by atoms with Crippen molar-refractivity contribution in [2.75, 3.05) is 6.54 Å². The highest BCUT2D eigenvalue weighted by molar-refractivity contribution is 6.30. The number of nitrogens with two attached hydrogens (primary N) is 1. The average molecular weight is 296 g/mol. The lowest BCUT2D eigenvalue weighted by Gasteiger charge is -2.15. The predicted molar refractivity (Wildman–Crippen MR) is 77.8 cm³/mol. The Bertz CT molecular complexity index is 569. The van der Waals surface area contributed by atoms with Gasteiger partial charge in [-0.25, -0.2) is 8.78 Å². The van der Waals surface area contributed by atoms with Crippen molar-refractivity contribution < 1.29 is 8.78 Å². The first-order valence-electron chi connectivity index (χ1n) is 6.47. The van der Waals surface area contributed by atoms with E-state index in [1.165, 1.54) is 18.2 Å². The Morgan fingerprint density at radius 2 is 1.55 bits per heavy atom. The molecule has 0 saturated heterocycles. The van der Waals surface area contributed by atoms with Crippen molar-refractivity contribution in [3.63, 3.8) is 0 Å². The molecule has 0 aliphatic rings. The normalized spacial score (nSPS) is 12.4. The lowest BCUT2D eigenvalue weighted by atomic mass is 9.92. The molecule has 0 amide bonds. The van der Waals surface area contributed by atoms with E-state index in [4.69, 9.17) is 17.3 Å². The molecule has 2 rings (SSSR count). The number of hydrogen-bond acceptors (Lipinski definition) is 1. The SMILES string of the molecule is NCC(Cc1ccc(F)cc1)Cc1ccc(F)c(Cl)c1. The van der Waals surface area contributed by atoms with Crippen molar-refractivity contribution in [3.05, 3.63) is 70.2 Å². The first-order chi connectivity index (χ1) is 9.58. The molecule has 4 heteroatoms. The fourth-order valence-corrected chi connectivity index (χ4v) is 2.40. The molecule has 1 nitrogen and oxygen atoms in total. The van der Waals surface area contributed by atoms with Gasteiger partial charge in [0.2, 0.25) is 0 Å². The van der Waals surface area contributed by atoms with E-state index in [0.29, 0.717) is 13.0 Å². The van der Waals surface area contributed by atoms with Crippen LogP contribution in [0.5, 0.6) is 0 Å². The molecule has 0 radical (unpaired) electrons. The summed E-state index contributed by atoms with van der Waals surface area (Å²) in [6, 6.07) is 11.1. The second-order valence-electron chi connectivity index (χ2n) is 4.88. The van der Waals surface area contributed by atoms with Crippen LogP contribution in [0, 0.1) is 17.6 Å². The molecule has 20 heavy (non-hydrogen) atoms. The van der Waals surface area contributed by atoms with E-state index in [9.17, 15) is 8.78 Å². The molecular formula is C16H16ClF2N. The lowest BCUT2D eigenvalue weighted by Crippen LogP contribution is -2.19. The van der Waals surface area contributed by atoms with Gasteiger partial charge in [-0.1, -0.05) is 29.8 Å². The van der Waals surface area contributed by atoms with Gasteiger partial charge < -0.3 is 5.73 Å². The molecule has 0 heterocycles. The van der Waals surface area contributed by atoms with E-state index in [0.717, 1.165) is 17.5 Å². The quantitative estimate of drug-likeness (QED) is 0.887. The number of hydrogen-bond donors (Lipinski definition) is 1. The van der Waals surface area contributed by atoms with Gasteiger partial charge in [-0.05, 0) is 60.7 Å². The van der Waals surface area contributed by atoms with Crippen molar-refractivity contribution in [1.82, 2.24) is 0 Å². The molecule has 2 N–H and O–H groups in total. The maximum atomic E-state index is 13.1. The Kier molecular flexibility index (Phi) is 5.10. The lowest BCUT2D eigenvalue weighted by molar-refractivity contribution is 0.531. The molecule has 0 bridgehead atoms. The van der Waals surface area contributed by atoms with Gasteiger partial charge in [0.1, 0.15) is 11.6 Å². The molecule has 0 aliphatic carbocycles. The second-order valence-corrected chi connectivity index (χ2v) is 5.29. The monoisotopic (exact) mass is 295 g/mol. The Hall–Kier alpha value is -1.45. The van der Waals surface area contributed by atoms with Crippen molar-refractivity contribution in [2.24, 2.45) is 11.7 Å².